The van der Waals surface area contributed by atoms with Gasteiger partial charge in [-0.3, -0.25) is 4.79 Å². The van der Waals surface area contributed by atoms with Gasteiger partial charge in [0.2, 0.25) is 0 Å². The largest absolute Gasteiger partial charge is 0.299 e. The molecule has 22 heavy (non-hydrogen) atoms. The van der Waals surface area contributed by atoms with E-state index in [1.165, 1.54) is 16.7 Å². The van der Waals surface area contributed by atoms with Gasteiger partial charge in [0.25, 0.3) is 0 Å². The molecule has 1 aliphatic carbocycles. The predicted molar refractivity (Wildman–Crippen MR) is 94.5 cm³/mol. The van der Waals surface area contributed by atoms with Crippen LogP contribution in [0.3, 0.4) is 0 Å². The molecular formula is C21H32O. The van der Waals surface area contributed by atoms with E-state index in [0.29, 0.717) is 11.7 Å². The zero-order chi connectivity index (χ0) is 16.5. The second-order valence-electron chi connectivity index (χ2n) is 8.97. The van der Waals surface area contributed by atoms with Gasteiger partial charge >= 0.3 is 0 Å². The number of rotatable bonds is 3. The summed E-state index contributed by atoms with van der Waals surface area (Å²) in [4.78, 5) is 11.9. The number of Topliss-reactive ketones (excluding diaryl/α,β-unsaturated/α-hetero) is 1. The molecule has 1 aromatic carbocycles. The van der Waals surface area contributed by atoms with E-state index in [4.69, 9.17) is 0 Å². The van der Waals surface area contributed by atoms with Gasteiger partial charge in [-0.25, -0.2) is 0 Å². The van der Waals surface area contributed by atoms with Crippen molar-refractivity contribution in [2.45, 2.75) is 84.5 Å². The number of benzene rings is 1. The predicted octanol–water partition coefficient (Wildman–Crippen LogP) is 5.58. The number of aryl methyl sites for hydroxylation is 1. The summed E-state index contributed by atoms with van der Waals surface area (Å²) in [6.45, 7) is 13.7. The molecule has 1 heteroatoms. The average molecular weight is 300 g/mol. The average Bonchev–Trinajstić information content (AvgIpc) is 2.79. The van der Waals surface area contributed by atoms with Gasteiger partial charge < -0.3 is 0 Å². The molecule has 1 atom stereocenters. The van der Waals surface area contributed by atoms with Crippen molar-refractivity contribution in [3.05, 3.63) is 34.9 Å². The zero-order valence-electron chi connectivity index (χ0n) is 15.3. The van der Waals surface area contributed by atoms with Crippen molar-refractivity contribution in [2.24, 2.45) is 5.92 Å². The lowest BCUT2D eigenvalue weighted by molar-refractivity contribution is -0.120. The van der Waals surface area contributed by atoms with E-state index >= 15 is 0 Å². The molecule has 1 unspecified atom stereocenters. The van der Waals surface area contributed by atoms with Crippen molar-refractivity contribution in [3.8, 4) is 0 Å². The van der Waals surface area contributed by atoms with Crippen LogP contribution in [0.5, 0.6) is 0 Å². The van der Waals surface area contributed by atoms with Crippen LogP contribution < -0.4 is 0 Å². The number of hydrogen-bond donors (Lipinski definition) is 0. The molecule has 1 nitrogen and oxygen atoms in total. The van der Waals surface area contributed by atoms with E-state index in [2.05, 4.69) is 59.7 Å². The quantitative estimate of drug-likeness (QED) is 0.712. The number of hydrogen-bond acceptors (Lipinski definition) is 1. The highest BCUT2D eigenvalue weighted by Crippen LogP contribution is 2.33. The minimum atomic E-state index is 0.149. The van der Waals surface area contributed by atoms with Crippen molar-refractivity contribution in [1.29, 1.82) is 0 Å². The van der Waals surface area contributed by atoms with Gasteiger partial charge in [0.15, 0.2) is 0 Å². The second-order valence-corrected chi connectivity index (χ2v) is 8.97. The van der Waals surface area contributed by atoms with Crippen molar-refractivity contribution in [3.63, 3.8) is 0 Å². The Hall–Kier alpha value is -1.11. The lowest BCUT2D eigenvalue weighted by atomic mass is 9.77. The Morgan fingerprint density at radius 1 is 1.05 bits per heavy atom. The summed E-state index contributed by atoms with van der Waals surface area (Å²) in [6.07, 6.45) is 5.06. The van der Waals surface area contributed by atoms with Gasteiger partial charge in [-0.05, 0) is 53.2 Å². The van der Waals surface area contributed by atoms with Gasteiger partial charge in [0, 0.05) is 12.3 Å². The minimum Gasteiger partial charge on any atom is -0.299 e. The van der Waals surface area contributed by atoms with Gasteiger partial charge in [0.1, 0.15) is 5.78 Å². The summed E-state index contributed by atoms with van der Waals surface area (Å²) in [5.41, 5.74) is 4.61. The molecule has 0 bridgehead atoms. The van der Waals surface area contributed by atoms with Gasteiger partial charge in [0.05, 0.1) is 0 Å². The first-order valence-corrected chi connectivity index (χ1v) is 8.75. The molecule has 122 valence electrons. The molecule has 2 rings (SSSR count). The summed E-state index contributed by atoms with van der Waals surface area (Å²) in [6, 6.07) is 6.98. The van der Waals surface area contributed by atoms with E-state index in [1.807, 2.05) is 0 Å². The SMILES string of the molecule is CC(C)(C)c1ccc(CCC2CCCC2=O)c(C(C)(C)C)c1. The third kappa shape index (κ3) is 4.00. The summed E-state index contributed by atoms with van der Waals surface area (Å²) < 4.78 is 0. The number of carbonyl (C=O) groups is 1. The van der Waals surface area contributed by atoms with Crippen LogP contribution in [0.1, 0.15) is 83.9 Å². The molecule has 1 fully saturated rings. The highest BCUT2D eigenvalue weighted by Gasteiger charge is 2.26. The van der Waals surface area contributed by atoms with Crippen molar-refractivity contribution in [2.75, 3.05) is 0 Å². The molecule has 0 N–H and O–H groups in total. The molecule has 1 saturated carbocycles. The Balaban J connectivity index is 2.24. The molecule has 0 amide bonds. The Kier molecular flexibility index (Phi) is 4.84. The van der Waals surface area contributed by atoms with Crippen LogP contribution in [0.2, 0.25) is 0 Å². The molecule has 0 aliphatic heterocycles. The Labute approximate surface area is 136 Å². The van der Waals surface area contributed by atoms with Crippen molar-refractivity contribution >= 4 is 5.78 Å². The van der Waals surface area contributed by atoms with E-state index in [0.717, 1.165) is 32.1 Å². The van der Waals surface area contributed by atoms with Crippen LogP contribution in [0.4, 0.5) is 0 Å². The summed E-state index contributed by atoms with van der Waals surface area (Å²) >= 11 is 0. The maximum atomic E-state index is 11.9. The van der Waals surface area contributed by atoms with Gasteiger partial charge in [-0.1, -0.05) is 59.7 Å². The molecular weight excluding hydrogens is 268 g/mol. The Bertz CT molecular complexity index is 540. The molecule has 1 aromatic rings. The third-order valence-corrected chi connectivity index (χ3v) is 4.98. The van der Waals surface area contributed by atoms with Crippen LogP contribution in [-0.2, 0) is 22.0 Å². The highest BCUT2D eigenvalue weighted by molar-refractivity contribution is 5.82. The van der Waals surface area contributed by atoms with Crippen LogP contribution in [0.25, 0.3) is 0 Å². The van der Waals surface area contributed by atoms with Crippen LogP contribution in [0, 0.1) is 5.92 Å². The van der Waals surface area contributed by atoms with E-state index < -0.39 is 0 Å². The fraction of sp³-hybridized carbons (Fsp3) is 0.667. The third-order valence-electron chi connectivity index (χ3n) is 4.98. The molecule has 0 heterocycles. The molecule has 0 aromatic heterocycles. The Morgan fingerprint density at radius 3 is 2.23 bits per heavy atom. The lowest BCUT2D eigenvalue weighted by Crippen LogP contribution is -2.19. The first-order chi connectivity index (χ1) is 10.1. The Morgan fingerprint density at radius 2 is 1.73 bits per heavy atom. The highest BCUT2D eigenvalue weighted by atomic mass is 16.1. The maximum absolute atomic E-state index is 11.9. The van der Waals surface area contributed by atoms with E-state index in [1.54, 1.807) is 0 Å². The number of ketones is 1. The van der Waals surface area contributed by atoms with Crippen LogP contribution in [0.15, 0.2) is 18.2 Å². The van der Waals surface area contributed by atoms with E-state index in [9.17, 15) is 4.79 Å². The fourth-order valence-corrected chi connectivity index (χ4v) is 3.48. The van der Waals surface area contributed by atoms with Crippen molar-refractivity contribution < 1.29 is 4.79 Å². The maximum Gasteiger partial charge on any atom is 0.135 e. The topological polar surface area (TPSA) is 17.1 Å². The monoisotopic (exact) mass is 300 g/mol. The molecule has 1 aliphatic rings. The molecule has 0 spiro atoms. The zero-order valence-corrected chi connectivity index (χ0v) is 15.3. The minimum absolute atomic E-state index is 0.149. The summed E-state index contributed by atoms with van der Waals surface area (Å²) in [5.74, 6) is 0.804. The molecule has 0 radical (unpaired) electrons. The molecule has 0 saturated heterocycles. The first-order valence-electron chi connectivity index (χ1n) is 8.75. The van der Waals surface area contributed by atoms with Gasteiger partial charge in [-0.2, -0.15) is 0 Å². The van der Waals surface area contributed by atoms with Crippen LogP contribution >= 0.6 is 0 Å². The van der Waals surface area contributed by atoms with Gasteiger partial charge in [-0.15, -0.1) is 0 Å². The summed E-state index contributed by atoms with van der Waals surface area (Å²) in [5, 5.41) is 0. The van der Waals surface area contributed by atoms with Crippen molar-refractivity contribution in [1.82, 2.24) is 0 Å². The van der Waals surface area contributed by atoms with Crippen LogP contribution in [-0.4, -0.2) is 5.78 Å². The second kappa shape index (κ2) is 6.18. The summed E-state index contributed by atoms with van der Waals surface area (Å²) in [7, 11) is 0. The lowest BCUT2D eigenvalue weighted by Gasteiger charge is -2.28. The first kappa shape index (κ1) is 17.2. The normalized spacial score (nSPS) is 19.7. The fourth-order valence-electron chi connectivity index (χ4n) is 3.48. The number of carbonyl (C=O) groups excluding carboxylic acids is 1. The van der Waals surface area contributed by atoms with E-state index in [-0.39, 0.29) is 10.8 Å². The standard InChI is InChI=1S/C21H32O/c1-20(2,3)17-13-12-15(18(14-17)21(4,5)6)10-11-16-8-7-9-19(16)22/h12-14,16H,7-11H2,1-6H3. The smallest absolute Gasteiger partial charge is 0.135 e.